The minimum atomic E-state index is -0.254. The topological polar surface area (TPSA) is 78.9 Å². The van der Waals surface area contributed by atoms with Gasteiger partial charge in [0.2, 0.25) is 0 Å². The number of hydrogen-bond acceptors (Lipinski definition) is 6. The Morgan fingerprint density at radius 3 is 2.30 bits per heavy atom. The third-order valence-electron chi connectivity index (χ3n) is 12.6. The van der Waals surface area contributed by atoms with Crippen molar-refractivity contribution in [2.75, 3.05) is 7.11 Å². The number of carbonyl (C=O) groups is 3. The van der Waals surface area contributed by atoms with Crippen molar-refractivity contribution in [1.82, 2.24) is 0 Å². The fourth-order valence-corrected chi connectivity index (χ4v) is 10.6. The minimum Gasteiger partial charge on any atom is -0.469 e. The average Bonchev–Trinajstić information content (AvgIpc) is 3.46. The molecule has 1 unspecified atom stereocenters. The van der Waals surface area contributed by atoms with Crippen LogP contribution >= 0.6 is 0 Å². The zero-order valence-electron chi connectivity index (χ0n) is 26.0. The Morgan fingerprint density at radius 1 is 1.02 bits per heavy atom. The normalized spacial score (nSPS) is 40.9. The summed E-state index contributed by atoms with van der Waals surface area (Å²) in [4.78, 5) is 36.2. The quantitative estimate of drug-likeness (QED) is 0.152. The van der Waals surface area contributed by atoms with Crippen LogP contribution in [0.3, 0.4) is 0 Å². The Kier molecular flexibility index (Phi) is 8.44. The standard InChI is InChI=1S/C34H52O6/c1-10-25-28(40-24(6)36)19-29-32(8)15-13-26(22(4)11-12-27(21(2)3)39-23(5)35)31(32,7)17-18-34(29)20-33(25,34)16-14-30(37)38-9/h10,22,25-29H,1-2,11-20H2,3-9H3/t22-,25-,26-,27?,28+,29+,31-,32+,33-,34+/m1/s1. The van der Waals surface area contributed by atoms with Crippen molar-refractivity contribution >= 4 is 17.9 Å². The number of esters is 3. The lowest BCUT2D eigenvalue weighted by atomic mass is 9.43. The van der Waals surface area contributed by atoms with Crippen LogP contribution in [0.4, 0.5) is 0 Å². The predicted octanol–water partition coefficient (Wildman–Crippen LogP) is 7.21. The maximum absolute atomic E-state index is 12.3. The highest BCUT2D eigenvalue weighted by Gasteiger charge is 2.81. The second kappa shape index (κ2) is 10.9. The van der Waals surface area contributed by atoms with Crippen LogP contribution in [0.2, 0.25) is 0 Å². The maximum Gasteiger partial charge on any atom is 0.305 e. The number of hydrogen-bond donors (Lipinski definition) is 0. The van der Waals surface area contributed by atoms with Crippen molar-refractivity contribution in [3.05, 3.63) is 24.8 Å². The molecule has 0 heterocycles. The van der Waals surface area contributed by atoms with Gasteiger partial charge in [0.25, 0.3) is 0 Å². The van der Waals surface area contributed by atoms with E-state index in [1.165, 1.54) is 33.8 Å². The third-order valence-corrected chi connectivity index (χ3v) is 12.6. The van der Waals surface area contributed by atoms with Crippen LogP contribution in [-0.2, 0) is 28.6 Å². The number of carbonyl (C=O) groups excluding carboxylic acids is 3. The van der Waals surface area contributed by atoms with E-state index in [0.29, 0.717) is 24.2 Å². The lowest BCUT2D eigenvalue weighted by Gasteiger charge is -2.61. The fraction of sp³-hybridized carbons (Fsp3) is 0.794. The number of ether oxygens (including phenoxy) is 3. The van der Waals surface area contributed by atoms with Crippen LogP contribution in [0.25, 0.3) is 0 Å². The molecule has 4 saturated carbocycles. The molecule has 10 atom stereocenters. The van der Waals surface area contributed by atoms with E-state index >= 15 is 0 Å². The van der Waals surface area contributed by atoms with Gasteiger partial charge in [0.1, 0.15) is 12.2 Å². The summed E-state index contributed by atoms with van der Waals surface area (Å²) in [6, 6.07) is 0. The molecule has 0 aromatic heterocycles. The fourth-order valence-electron chi connectivity index (χ4n) is 10.6. The van der Waals surface area contributed by atoms with Crippen molar-refractivity contribution in [1.29, 1.82) is 0 Å². The summed E-state index contributed by atoms with van der Waals surface area (Å²) in [5.41, 5.74) is 1.27. The van der Waals surface area contributed by atoms with Crippen LogP contribution < -0.4 is 0 Å². The highest BCUT2D eigenvalue weighted by Crippen LogP contribution is 2.87. The molecule has 0 aromatic rings. The van der Waals surface area contributed by atoms with Gasteiger partial charge < -0.3 is 14.2 Å². The van der Waals surface area contributed by atoms with Gasteiger partial charge >= 0.3 is 17.9 Å². The van der Waals surface area contributed by atoms with Gasteiger partial charge in [0, 0.05) is 26.2 Å². The van der Waals surface area contributed by atoms with Crippen LogP contribution in [0.15, 0.2) is 24.8 Å². The first-order valence-corrected chi connectivity index (χ1v) is 15.4. The van der Waals surface area contributed by atoms with Crippen LogP contribution in [0.5, 0.6) is 0 Å². The summed E-state index contributed by atoms with van der Waals surface area (Å²) < 4.78 is 16.6. The van der Waals surface area contributed by atoms with E-state index in [1.807, 2.05) is 13.0 Å². The number of rotatable bonds is 11. The summed E-state index contributed by atoms with van der Waals surface area (Å²) in [5, 5.41) is 0. The molecule has 1 spiro atoms. The van der Waals surface area contributed by atoms with Gasteiger partial charge in [-0.2, -0.15) is 0 Å². The van der Waals surface area contributed by atoms with Crippen molar-refractivity contribution in [2.24, 2.45) is 45.3 Å². The molecule has 0 aliphatic heterocycles. The predicted molar refractivity (Wildman–Crippen MR) is 155 cm³/mol. The van der Waals surface area contributed by atoms with Crippen LogP contribution in [-0.4, -0.2) is 37.2 Å². The second-order valence-corrected chi connectivity index (χ2v) is 14.2. The van der Waals surface area contributed by atoms with E-state index < -0.39 is 0 Å². The van der Waals surface area contributed by atoms with Gasteiger partial charge in [-0.1, -0.05) is 33.4 Å². The Bertz CT molecular complexity index is 1050. The number of fused-ring (bicyclic) bond motifs is 2. The molecule has 4 fully saturated rings. The Hall–Kier alpha value is -2.11. The monoisotopic (exact) mass is 556 g/mol. The molecule has 224 valence electrons. The van der Waals surface area contributed by atoms with Crippen molar-refractivity contribution in [3.63, 3.8) is 0 Å². The average molecular weight is 557 g/mol. The van der Waals surface area contributed by atoms with Gasteiger partial charge in [-0.3, -0.25) is 14.4 Å². The van der Waals surface area contributed by atoms with Gasteiger partial charge in [-0.25, -0.2) is 0 Å². The molecular weight excluding hydrogens is 504 g/mol. The molecule has 0 bridgehead atoms. The van der Waals surface area contributed by atoms with Gasteiger partial charge in [-0.15, -0.1) is 6.58 Å². The smallest absolute Gasteiger partial charge is 0.305 e. The summed E-state index contributed by atoms with van der Waals surface area (Å²) in [6.45, 7) is 20.6. The summed E-state index contributed by atoms with van der Waals surface area (Å²) >= 11 is 0. The van der Waals surface area contributed by atoms with Gasteiger partial charge in [-0.05, 0) is 110 Å². The van der Waals surface area contributed by atoms with E-state index in [9.17, 15) is 14.4 Å². The minimum absolute atomic E-state index is 0.0572. The number of methoxy groups -OCH3 is 1. The Balaban J connectivity index is 1.61. The Labute approximate surface area is 241 Å². The molecule has 0 radical (unpaired) electrons. The van der Waals surface area contributed by atoms with E-state index in [4.69, 9.17) is 14.2 Å². The van der Waals surface area contributed by atoms with E-state index in [-0.39, 0.29) is 57.7 Å². The largest absolute Gasteiger partial charge is 0.469 e. The lowest BCUT2D eigenvalue weighted by molar-refractivity contribution is -0.173. The molecule has 6 nitrogen and oxygen atoms in total. The molecule has 6 heteroatoms. The highest BCUT2D eigenvalue weighted by atomic mass is 16.5. The SMILES string of the molecule is C=C[C@@H]1[C@@H](OC(C)=O)C[C@@H]2[C@]3(CC[C@]4(C)[C@@H]([C@H](C)CCC(OC(C)=O)C(=C)C)CC[C@@]24C)C[C@]13CCC(=O)OC. The Morgan fingerprint density at radius 2 is 1.73 bits per heavy atom. The van der Waals surface area contributed by atoms with Crippen molar-refractivity contribution < 1.29 is 28.6 Å². The van der Waals surface area contributed by atoms with E-state index in [0.717, 1.165) is 50.5 Å². The molecule has 0 amide bonds. The molecule has 0 saturated heterocycles. The molecule has 40 heavy (non-hydrogen) atoms. The summed E-state index contributed by atoms with van der Waals surface area (Å²) in [5.74, 6) is 0.889. The second-order valence-electron chi connectivity index (χ2n) is 14.2. The van der Waals surface area contributed by atoms with Gasteiger partial charge in [0.05, 0.1) is 7.11 Å². The maximum atomic E-state index is 12.3. The zero-order valence-corrected chi connectivity index (χ0v) is 26.0. The van der Waals surface area contributed by atoms with Crippen LogP contribution in [0.1, 0.15) is 106 Å². The third kappa shape index (κ3) is 4.75. The zero-order chi connectivity index (χ0) is 29.7. The first-order valence-electron chi connectivity index (χ1n) is 15.4. The summed E-state index contributed by atoms with van der Waals surface area (Å²) in [7, 11) is 1.46. The molecular formula is C34H52O6. The van der Waals surface area contributed by atoms with Crippen LogP contribution in [0, 0.1) is 45.3 Å². The molecule has 4 aliphatic carbocycles. The lowest BCUT2D eigenvalue weighted by Crippen LogP contribution is -2.57. The van der Waals surface area contributed by atoms with E-state index in [2.05, 4.69) is 33.9 Å². The molecule has 0 N–H and O–H groups in total. The van der Waals surface area contributed by atoms with Gasteiger partial charge in [0.15, 0.2) is 0 Å². The first kappa shape index (κ1) is 30.8. The van der Waals surface area contributed by atoms with Crippen molar-refractivity contribution in [3.8, 4) is 0 Å². The summed E-state index contributed by atoms with van der Waals surface area (Å²) in [6.07, 6.45) is 11.1. The molecule has 4 aliphatic rings. The molecule has 4 rings (SSSR count). The van der Waals surface area contributed by atoms with E-state index in [1.54, 1.807) is 0 Å². The first-order chi connectivity index (χ1) is 18.7. The highest BCUT2D eigenvalue weighted by molar-refractivity contribution is 5.69. The van der Waals surface area contributed by atoms with Crippen molar-refractivity contribution in [2.45, 2.75) is 118 Å². The molecule has 0 aromatic carbocycles.